The van der Waals surface area contributed by atoms with Gasteiger partial charge in [-0.1, -0.05) is 24.9 Å². The Kier molecular flexibility index (Phi) is 6.11. The third-order valence-electron chi connectivity index (χ3n) is 2.34. The minimum atomic E-state index is -2.81. The molecule has 1 unspecified atom stereocenters. The number of nitrogens with one attached hydrogen (secondary N) is 2. The summed E-state index contributed by atoms with van der Waals surface area (Å²) in [5, 5.41) is 2.94. The van der Waals surface area contributed by atoms with Gasteiger partial charge in [0.25, 0.3) is 0 Å². The maximum Gasteiger partial charge on any atom is 0.350 e. The second-order valence-corrected chi connectivity index (χ2v) is 6.47. The van der Waals surface area contributed by atoms with Crippen molar-refractivity contribution in [1.29, 1.82) is 0 Å². The number of hydrogen-bond acceptors (Lipinski definition) is 2. The molecule has 0 aliphatic heterocycles. The van der Waals surface area contributed by atoms with Crippen molar-refractivity contribution in [2.75, 3.05) is 17.5 Å². The summed E-state index contributed by atoms with van der Waals surface area (Å²) in [5.41, 5.74) is 0.623. The molecule has 0 aliphatic carbocycles. The minimum absolute atomic E-state index is 0.319. The van der Waals surface area contributed by atoms with E-state index in [0.717, 1.165) is 12.8 Å². The molecule has 2 amide bonds. The topological polar surface area (TPSA) is 70.6 Å². The summed E-state index contributed by atoms with van der Waals surface area (Å²) >= 11 is 5.79. The van der Waals surface area contributed by atoms with E-state index in [1.165, 1.54) is 7.05 Å². The van der Waals surface area contributed by atoms with Crippen LogP contribution in [0.1, 0.15) is 19.8 Å². The van der Waals surface area contributed by atoms with Crippen molar-refractivity contribution in [3.63, 3.8) is 0 Å². The van der Waals surface area contributed by atoms with E-state index in [2.05, 4.69) is 14.4 Å². The quantitative estimate of drug-likeness (QED) is 0.876. The van der Waals surface area contributed by atoms with Crippen LogP contribution < -0.4 is 10.0 Å². The Morgan fingerprint density at radius 1 is 1.37 bits per heavy atom. The van der Waals surface area contributed by atoms with Crippen molar-refractivity contribution in [3.05, 3.63) is 29.3 Å². The monoisotopic (exact) mass is 303 g/mol. The molecule has 0 saturated heterocycles. The summed E-state index contributed by atoms with van der Waals surface area (Å²) in [6, 6.07) is 6.18. The first-order chi connectivity index (χ1) is 8.99. The van der Waals surface area contributed by atoms with Gasteiger partial charge in [0.15, 0.2) is 0 Å². The summed E-state index contributed by atoms with van der Waals surface area (Å²) in [5.74, 6) is 0.319. The fourth-order valence-corrected chi connectivity index (χ4v) is 3.25. The lowest BCUT2D eigenvalue weighted by atomic mass is 10.3. The van der Waals surface area contributed by atoms with Gasteiger partial charge in [0.2, 0.25) is 0 Å². The Balaban J connectivity index is 2.97. The number of urea groups is 1. The van der Waals surface area contributed by atoms with Gasteiger partial charge in [0.05, 0.1) is 5.75 Å². The van der Waals surface area contributed by atoms with Crippen molar-refractivity contribution >= 4 is 33.2 Å². The smallest absolute Gasteiger partial charge is 0.339 e. The molecule has 0 heterocycles. The molecule has 0 fully saturated rings. The Morgan fingerprint density at radius 3 is 2.53 bits per heavy atom. The van der Waals surface area contributed by atoms with E-state index in [4.69, 9.17) is 11.6 Å². The first kappa shape index (κ1) is 15.8. The molecular formula is C12H18ClN3O2S. The van der Waals surface area contributed by atoms with Gasteiger partial charge in [-0.2, -0.15) is 0 Å². The van der Waals surface area contributed by atoms with E-state index in [9.17, 15) is 9.00 Å². The van der Waals surface area contributed by atoms with Crippen molar-refractivity contribution in [2.45, 2.75) is 19.8 Å². The molecule has 0 radical (unpaired) electrons. The molecule has 1 aromatic carbocycles. The summed E-state index contributed by atoms with van der Waals surface area (Å²) in [7, 11) is -1.36. The maximum absolute atomic E-state index is 12.6. The van der Waals surface area contributed by atoms with Crippen LogP contribution in [0.3, 0.4) is 0 Å². The number of halogens is 1. The maximum atomic E-state index is 12.6. The largest absolute Gasteiger partial charge is 0.350 e. The molecule has 1 atom stereocenters. The zero-order valence-corrected chi connectivity index (χ0v) is 12.6. The average Bonchev–Trinajstić information content (AvgIpc) is 2.39. The summed E-state index contributed by atoms with van der Waals surface area (Å²) < 4.78 is 19.1. The van der Waals surface area contributed by atoms with Crippen molar-refractivity contribution in [2.24, 2.45) is 4.36 Å². The highest BCUT2D eigenvalue weighted by molar-refractivity contribution is 7.95. The van der Waals surface area contributed by atoms with Crippen molar-refractivity contribution in [1.82, 2.24) is 5.32 Å². The number of rotatable bonds is 5. The number of unbranched alkanes of at least 4 members (excludes halogenated alkanes) is 1. The van der Waals surface area contributed by atoms with Crippen LogP contribution in [0, 0.1) is 0 Å². The van der Waals surface area contributed by atoms with Crippen molar-refractivity contribution < 1.29 is 9.00 Å². The molecular weight excluding hydrogens is 286 g/mol. The van der Waals surface area contributed by atoms with Crippen LogP contribution in [0.4, 0.5) is 10.5 Å². The molecule has 1 rings (SSSR count). The normalized spacial score (nSPS) is 13.4. The molecule has 7 heteroatoms. The molecule has 106 valence electrons. The highest BCUT2D eigenvalue weighted by Gasteiger charge is 2.11. The van der Waals surface area contributed by atoms with E-state index < -0.39 is 15.9 Å². The van der Waals surface area contributed by atoms with Gasteiger partial charge in [-0.15, -0.1) is 4.36 Å². The molecule has 19 heavy (non-hydrogen) atoms. The Bertz CT molecular complexity index is 536. The molecule has 0 aromatic heterocycles. The lowest BCUT2D eigenvalue weighted by Crippen LogP contribution is -2.22. The van der Waals surface area contributed by atoms with Gasteiger partial charge >= 0.3 is 6.03 Å². The SMILES string of the molecule is CCCCS(=O)(=NC(=O)NC)Nc1ccc(Cl)cc1. The first-order valence-corrected chi connectivity index (χ1v) is 8.05. The van der Waals surface area contributed by atoms with Crippen LogP contribution in [0.25, 0.3) is 0 Å². The second-order valence-electron chi connectivity index (χ2n) is 3.95. The number of benzene rings is 1. The predicted octanol–water partition coefficient (Wildman–Crippen LogP) is 3.27. The Labute approximate surface area is 119 Å². The van der Waals surface area contributed by atoms with Crippen LogP contribution in [0.2, 0.25) is 5.02 Å². The van der Waals surface area contributed by atoms with E-state index in [0.29, 0.717) is 16.5 Å². The molecule has 0 aliphatic rings. The fraction of sp³-hybridized carbons (Fsp3) is 0.417. The summed E-state index contributed by atoms with van der Waals surface area (Å²) in [6.45, 7) is 1.99. The van der Waals surface area contributed by atoms with Crippen LogP contribution in [0.5, 0.6) is 0 Å². The predicted molar refractivity (Wildman–Crippen MR) is 79.9 cm³/mol. The fourth-order valence-electron chi connectivity index (χ4n) is 1.34. The number of carbonyl (C=O) groups is 1. The molecule has 1 aromatic rings. The first-order valence-electron chi connectivity index (χ1n) is 5.99. The van der Waals surface area contributed by atoms with Gasteiger partial charge in [-0.05, 0) is 30.7 Å². The molecule has 0 spiro atoms. The summed E-state index contributed by atoms with van der Waals surface area (Å²) in [6.07, 6.45) is 1.60. The minimum Gasteiger partial charge on any atom is -0.339 e. The highest BCUT2D eigenvalue weighted by atomic mass is 35.5. The lowest BCUT2D eigenvalue weighted by molar-refractivity contribution is 0.251. The third-order valence-corrected chi connectivity index (χ3v) is 4.45. The highest BCUT2D eigenvalue weighted by Crippen LogP contribution is 2.16. The van der Waals surface area contributed by atoms with Gasteiger partial charge in [-0.3, -0.25) is 4.72 Å². The second kappa shape index (κ2) is 7.35. The average molecular weight is 304 g/mol. The molecule has 0 saturated carbocycles. The van der Waals surface area contributed by atoms with E-state index in [1.807, 2.05) is 6.92 Å². The van der Waals surface area contributed by atoms with Crippen LogP contribution >= 0.6 is 11.6 Å². The zero-order chi connectivity index (χ0) is 14.3. The van der Waals surface area contributed by atoms with Gasteiger partial charge in [-0.25, -0.2) is 9.00 Å². The molecule has 0 bridgehead atoms. The number of hydrogen-bond donors (Lipinski definition) is 2. The lowest BCUT2D eigenvalue weighted by Gasteiger charge is -2.12. The van der Waals surface area contributed by atoms with Crippen LogP contribution in [-0.2, 0) is 9.92 Å². The molecule has 2 N–H and O–H groups in total. The van der Waals surface area contributed by atoms with Gasteiger partial charge in [0, 0.05) is 17.8 Å². The number of carbonyl (C=O) groups excluding carboxylic acids is 1. The number of anilines is 1. The van der Waals surface area contributed by atoms with Crippen LogP contribution in [0.15, 0.2) is 28.6 Å². The van der Waals surface area contributed by atoms with Crippen molar-refractivity contribution in [3.8, 4) is 0 Å². The Morgan fingerprint density at radius 2 is 2.00 bits per heavy atom. The van der Waals surface area contributed by atoms with Gasteiger partial charge < -0.3 is 5.32 Å². The number of amides is 2. The standard InChI is InChI=1S/C12H18ClN3O2S/c1-3-4-9-19(18,16-12(17)14-2)15-11-7-5-10(13)6-8-11/h5-8H,3-4,9H2,1-2H3,(H2,14,15,16,17,18). The zero-order valence-electron chi connectivity index (χ0n) is 11.0. The van der Waals surface area contributed by atoms with E-state index in [1.54, 1.807) is 24.3 Å². The number of nitrogens with zero attached hydrogens (tertiary/aromatic N) is 1. The third kappa shape index (κ3) is 5.48. The van der Waals surface area contributed by atoms with E-state index >= 15 is 0 Å². The van der Waals surface area contributed by atoms with Gasteiger partial charge in [0.1, 0.15) is 9.92 Å². The van der Waals surface area contributed by atoms with E-state index in [-0.39, 0.29) is 0 Å². The summed E-state index contributed by atoms with van der Waals surface area (Å²) in [4.78, 5) is 11.3. The van der Waals surface area contributed by atoms with Crippen LogP contribution in [-0.4, -0.2) is 23.0 Å². The Hall–Kier alpha value is -1.27. The molecule has 5 nitrogen and oxygen atoms in total.